The molecule has 0 saturated carbocycles. The highest BCUT2D eigenvalue weighted by Crippen LogP contribution is 2.24. The first-order chi connectivity index (χ1) is 8.33. The molecule has 1 aromatic rings. The summed E-state index contributed by atoms with van der Waals surface area (Å²) in [5.41, 5.74) is 2.17. The number of rotatable bonds is 5. The summed E-state index contributed by atoms with van der Waals surface area (Å²) in [4.78, 5) is 12.2. The quantitative estimate of drug-likeness (QED) is 0.789. The van der Waals surface area contributed by atoms with Gasteiger partial charge in [-0.15, -0.1) is 0 Å². The maximum Gasteiger partial charge on any atom is 0.167 e. The van der Waals surface area contributed by atoms with Crippen LogP contribution in [0, 0.1) is 5.92 Å². The van der Waals surface area contributed by atoms with Crippen LogP contribution in [0.4, 0.5) is 0 Å². The minimum absolute atomic E-state index is 0.182. The monoisotopic (exact) mass is 231 g/mol. The summed E-state index contributed by atoms with van der Waals surface area (Å²) >= 11 is 0. The Labute approximate surface area is 103 Å². The van der Waals surface area contributed by atoms with E-state index in [1.54, 1.807) is 0 Å². The Morgan fingerprint density at radius 3 is 3.00 bits per heavy atom. The fraction of sp³-hybridized carbons (Fsp3) is 0.533. The zero-order valence-electron chi connectivity index (χ0n) is 10.5. The second-order valence-electron chi connectivity index (χ2n) is 4.81. The summed E-state index contributed by atoms with van der Waals surface area (Å²) in [6.07, 6.45) is 4.43. The minimum atomic E-state index is 0.182. The number of unbranched alkanes of at least 4 members (excludes halogenated alkanes) is 1. The third kappa shape index (κ3) is 2.95. The van der Waals surface area contributed by atoms with Crippen molar-refractivity contribution >= 4 is 5.78 Å². The molecule has 1 aliphatic carbocycles. The molecule has 2 nitrogen and oxygen atoms in total. The molecule has 0 radical (unpaired) electrons. The van der Waals surface area contributed by atoms with Gasteiger partial charge in [-0.25, -0.2) is 0 Å². The molecule has 0 aromatic heterocycles. The summed E-state index contributed by atoms with van der Waals surface area (Å²) in [6, 6.07) is 8.03. The molecular weight excluding hydrogens is 210 g/mol. The highest BCUT2D eigenvalue weighted by atomic mass is 16.1. The van der Waals surface area contributed by atoms with E-state index in [0.29, 0.717) is 5.78 Å². The molecule has 0 spiro atoms. The highest BCUT2D eigenvalue weighted by Gasteiger charge is 2.26. The van der Waals surface area contributed by atoms with E-state index in [9.17, 15) is 4.79 Å². The van der Waals surface area contributed by atoms with E-state index in [4.69, 9.17) is 0 Å². The van der Waals surface area contributed by atoms with Gasteiger partial charge in [0.05, 0.1) is 0 Å². The lowest BCUT2D eigenvalue weighted by Crippen LogP contribution is -2.32. The number of carbonyl (C=O) groups is 1. The molecule has 17 heavy (non-hydrogen) atoms. The van der Waals surface area contributed by atoms with Crippen LogP contribution in [0.1, 0.15) is 42.1 Å². The van der Waals surface area contributed by atoms with Crippen LogP contribution in [-0.2, 0) is 6.42 Å². The van der Waals surface area contributed by atoms with Crippen LogP contribution in [0.5, 0.6) is 0 Å². The van der Waals surface area contributed by atoms with Crippen molar-refractivity contribution in [2.24, 2.45) is 5.92 Å². The predicted molar refractivity (Wildman–Crippen MR) is 70.4 cm³/mol. The second kappa shape index (κ2) is 5.97. The van der Waals surface area contributed by atoms with E-state index in [-0.39, 0.29) is 5.92 Å². The maximum atomic E-state index is 12.2. The number of nitrogens with one attached hydrogen (secondary N) is 1. The molecule has 2 rings (SSSR count). The zero-order chi connectivity index (χ0) is 12.1. The third-order valence-corrected chi connectivity index (χ3v) is 3.51. The minimum Gasteiger partial charge on any atom is -0.316 e. The van der Waals surface area contributed by atoms with Crippen LogP contribution in [0.25, 0.3) is 0 Å². The van der Waals surface area contributed by atoms with Crippen molar-refractivity contribution in [1.29, 1.82) is 0 Å². The number of Topliss-reactive ketones (excluding diaryl/α,β-unsaturated/α-hetero) is 1. The van der Waals surface area contributed by atoms with Crippen molar-refractivity contribution in [2.45, 2.75) is 32.6 Å². The average Bonchev–Trinajstić information content (AvgIpc) is 2.37. The first kappa shape index (κ1) is 12.3. The molecule has 1 atom stereocenters. The molecule has 0 bridgehead atoms. The van der Waals surface area contributed by atoms with Crippen LogP contribution < -0.4 is 5.32 Å². The highest BCUT2D eigenvalue weighted by molar-refractivity contribution is 6.00. The van der Waals surface area contributed by atoms with Gasteiger partial charge in [0.1, 0.15) is 0 Å². The summed E-state index contributed by atoms with van der Waals surface area (Å²) in [5, 5.41) is 3.40. The van der Waals surface area contributed by atoms with Crippen molar-refractivity contribution in [2.75, 3.05) is 13.1 Å². The molecule has 0 aliphatic heterocycles. The molecule has 0 saturated heterocycles. The van der Waals surface area contributed by atoms with Crippen LogP contribution in [0.15, 0.2) is 24.3 Å². The van der Waals surface area contributed by atoms with Crippen molar-refractivity contribution in [1.82, 2.24) is 5.32 Å². The molecule has 0 heterocycles. The van der Waals surface area contributed by atoms with Crippen molar-refractivity contribution in [3.8, 4) is 0 Å². The number of ketones is 1. The Morgan fingerprint density at radius 2 is 2.18 bits per heavy atom. The van der Waals surface area contributed by atoms with Gasteiger partial charge in [0.15, 0.2) is 5.78 Å². The standard InChI is InChI=1S/C15H21NO/c1-2-3-10-16-11-13-9-8-12-6-4-5-7-14(12)15(13)17/h4-7,13,16H,2-3,8-11H2,1H3/t13-/m0/s1. The van der Waals surface area contributed by atoms with Crippen LogP contribution >= 0.6 is 0 Å². The van der Waals surface area contributed by atoms with Gasteiger partial charge in [-0.05, 0) is 31.4 Å². The molecule has 1 aromatic carbocycles. The Kier molecular flexibility index (Phi) is 4.32. The number of carbonyl (C=O) groups excluding carboxylic acids is 1. The summed E-state index contributed by atoms with van der Waals surface area (Å²) in [6.45, 7) is 4.05. The fourth-order valence-corrected chi connectivity index (χ4v) is 2.43. The molecule has 0 unspecified atom stereocenters. The molecule has 0 amide bonds. The first-order valence-electron chi connectivity index (χ1n) is 6.65. The van der Waals surface area contributed by atoms with Gasteiger partial charge in [-0.2, -0.15) is 0 Å². The van der Waals surface area contributed by atoms with E-state index in [0.717, 1.165) is 31.5 Å². The van der Waals surface area contributed by atoms with E-state index in [1.807, 2.05) is 18.2 Å². The number of fused-ring (bicyclic) bond motifs is 1. The summed E-state index contributed by atoms with van der Waals surface area (Å²) in [7, 11) is 0. The van der Waals surface area contributed by atoms with E-state index in [2.05, 4.69) is 18.3 Å². The predicted octanol–water partition coefficient (Wildman–Crippen LogP) is 2.82. The number of benzene rings is 1. The van der Waals surface area contributed by atoms with Crippen molar-refractivity contribution in [3.63, 3.8) is 0 Å². The second-order valence-corrected chi connectivity index (χ2v) is 4.81. The molecular formula is C15H21NO. The van der Waals surface area contributed by atoms with Crippen LogP contribution in [-0.4, -0.2) is 18.9 Å². The Balaban J connectivity index is 1.93. The number of aryl methyl sites for hydroxylation is 1. The maximum absolute atomic E-state index is 12.2. The van der Waals surface area contributed by atoms with Gasteiger partial charge in [0.25, 0.3) is 0 Å². The van der Waals surface area contributed by atoms with Gasteiger partial charge < -0.3 is 5.32 Å². The topological polar surface area (TPSA) is 29.1 Å². The lowest BCUT2D eigenvalue weighted by molar-refractivity contribution is 0.0901. The average molecular weight is 231 g/mol. The molecule has 92 valence electrons. The Hall–Kier alpha value is -1.15. The van der Waals surface area contributed by atoms with Gasteiger partial charge in [0.2, 0.25) is 0 Å². The number of hydrogen-bond acceptors (Lipinski definition) is 2. The number of hydrogen-bond donors (Lipinski definition) is 1. The Morgan fingerprint density at radius 1 is 1.35 bits per heavy atom. The molecule has 2 heteroatoms. The smallest absolute Gasteiger partial charge is 0.167 e. The van der Waals surface area contributed by atoms with Crippen LogP contribution in [0.3, 0.4) is 0 Å². The lowest BCUT2D eigenvalue weighted by Gasteiger charge is -2.23. The normalized spacial score (nSPS) is 19.1. The van der Waals surface area contributed by atoms with Gasteiger partial charge in [-0.1, -0.05) is 37.6 Å². The molecule has 1 N–H and O–H groups in total. The third-order valence-electron chi connectivity index (χ3n) is 3.51. The van der Waals surface area contributed by atoms with Crippen molar-refractivity contribution < 1.29 is 4.79 Å². The summed E-state index contributed by atoms with van der Waals surface area (Å²) in [5.74, 6) is 0.512. The van der Waals surface area contributed by atoms with E-state index >= 15 is 0 Å². The van der Waals surface area contributed by atoms with Crippen LogP contribution in [0.2, 0.25) is 0 Å². The Bertz CT molecular complexity index is 386. The summed E-state index contributed by atoms with van der Waals surface area (Å²) < 4.78 is 0. The van der Waals surface area contributed by atoms with Gasteiger partial charge in [-0.3, -0.25) is 4.79 Å². The molecule has 1 aliphatic rings. The van der Waals surface area contributed by atoms with Gasteiger partial charge >= 0.3 is 0 Å². The SMILES string of the molecule is CCCCNC[C@@H]1CCc2ccccc2C1=O. The van der Waals surface area contributed by atoms with E-state index in [1.165, 1.54) is 18.4 Å². The zero-order valence-corrected chi connectivity index (χ0v) is 10.5. The fourth-order valence-electron chi connectivity index (χ4n) is 2.43. The molecule has 0 fully saturated rings. The lowest BCUT2D eigenvalue weighted by atomic mass is 9.83. The van der Waals surface area contributed by atoms with E-state index < -0.39 is 0 Å². The van der Waals surface area contributed by atoms with Gasteiger partial charge in [0, 0.05) is 18.0 Å². The van der Waals surface area contributed by atoms with Crippen molar-refractivity contribution in [3.05, 3.63) is 35.4 Å². The largest absolute Gasteiger partial charge is 0.316 e. The first-order valence-corrected chi connectivity index (χ1v) is 6.65.